The summed E-state index contributed by atoms with van der Waals surface area (Å²) in [6.07, 6.45) is 1.55. The van der Waals surface area contributed by atoms with Crippen LogP contribution >= 0.6 is 15.9 Å². The molecule has 0 saturated carbocycles. The maximum absolute atomic E-state index is 13.4. The summed E-state index contributed by atoms with van der Waals surface area (Å²) in [6.45, 7) is 4.52. The highest BCUT2D eigenvalue weighted by molar-refractivity contribution is 9.10. The van der Waals surface area contributed by atoms with Crippen molar-refractivity contribution in [3.05, 3.63) is 28.5 Å². The second kappa shape index (κ2) is 7.59. The van der Waals surface area contributed by atoms with Crippen molar-refractivity contribution in [1.82, 2.24) is 5.32 Å². The molecule has 0 aliphatic rings. The van der Waals surface area contributed by atoms with E-state index >= 15 is 0 Å². The summed E-state index contributed by atoms with van der Waals surface area (Å²) < 4.78 is 14.1. The molecule has 0 unspecified atom stereocenters. The lowest BCUT2D eigenvalue weighted by Gasteiger charge is -2.21. The number of urea groups is 1. The number of aliphatic hydroxyl groups is 1. The highest BCUT2D eigenvalue weighted by Gasteiger charge is 2.15. The normalized spacial score (nSPS) is 11.2. The second-order valence-electron chi connectivity index (χ2n) is 5.43. The molecule has 0 aliphatic carbocycles. The molecular formula is C14H20BrFN2O2. The van der Waals surface area contributed by atoms with Gasteiger partial charge in [0.1, 0.15) is 5.82 Å². The molecule has 0 radical (unpaired) electrons. The van der Waals surface area contributed by atoms with Crippen molar-refractivity contribution in [3.63, 3.8) is 0 Å². The van der Waals surface area contributed by atoms with Crippen LogP contribution in [0.5, 0.6) is 0 Å². The first kappa shape index (κ1) is 16.9. The Morgan fingerprint density at radius 3 is 2.80 bits per heavy atom. The van der Waals surface area contributed by atoms with Crippen LogP contribution in [0.25, 0.3) is 0 Å². The van der Waals surface area contributed by atoms with E-state index in [1.54, 1.807) is 6.07 Å². The van der Waals surface area contributed by atoms with Gasteiger partial charge in [-0.3, -0.25) is 0 Å². The summed E-state index contributed by atoms with van der Waals surface area (Å²) in [5.74, 6) is -0.482. The maximum Gasteiger partial charge on any atom is 0.319 e. The molecule has 112 valence electrons. The van der Waals surface area contributed by atoms with Gasteiger partial charge in [0.2, 0.25) is 0 Å². The molecule has 1 rings (SSSR count). The van der Waals surface area contributed by atoms with E-state index in [-0.39, 0.29) is 17.7 Å². The molecular weight excluding hydrogens is 327 g/mol. The number of hydrogen-bond acceptors (Lipinski definition) is 2. The smallest absolute Gasteiger partial charge is 0.319 e. The zero-order valence-corrected chi connectivity index (χ0v) is 13.3. The van der Waals surface area contributed by atoms with Crippen LogP contribution in [-0.4, -0.2) is 24.3 Å². The average Bonchev–Trinajstić information content (AvgIpc) is 2.39. The fourth-order valence-electron chi connectivity index (χ4n) is 1.61. The predicted octanol–water partition coefficient (Wildman–Crippen LogP) is 3.51. The number of aliphatic hydroxyl groups excluding tert-OH is 1. The fourth-order valence-corrected chi connectivity index (χ4v) is 1.97. The van der Waals surface area contributed by atoms with E-state index in [4.69, 9.17) is 5.11 Å². The van der Waals surface area contributed by atoms with Crippen molar-refractivity contribution in [2.45, 2.75) is 26.7 Å². The Labute approximate surface area is 126 Å². The molecule has 0 aliphatic heterocycles. The Balaban J connectivity index is 2.36. The van der Waals surface area contributed by atoms with Gasteiger partial charge in [0, 0.05) is 17.6 Å². The van der Waals surface area contributed by atoms with E-state index in [9.17, 15) is 9.18 Å². The SMILES string of the molecule is CC(C)(CO)CCCNC(=O)Nc1cc(Br)ccc1F. The minimum absolute atomic E-state index is 0.114. The molecule has 0 bridgehead atoms. The van der Waals surface area contributed by atoms with Crippen molar-refractivity contribution in [1.29, 1.82) is 0 Å². The van der Waals surface area contributed by atoms with Crippen LogP contribution < -0.4 is 10.6 Å². The number of anilines is 1. The van der Waals surface area contributed by atoms with Crippen molar-refractivity contribution < 1.29 is 14.3 Å². The Bertz CT molecular complexity index is 466. The largest absolute Gasteiger partial charge is 0.396 e. The first-order valence-electron chi connectivity index (χ1n) is 6.45. The Morgan fingerprint density at radius 2 is 2.15 bits per heavy atom. The number of halogens is 2. The number of carbonyl (C=O) groups excluding carboxylic acids is 1. The van der Waals surface area contributed by atoms with Gasteiger partial charge < -0.3 is 15.7 Å². The number of benzene rings is 1. The molecule has 20 heavy (non-hydrogen) atoms. The molecule has 0 heterocycles. The van der Waals surface area contributed by atoms with Gasteiger partial charge in [-0.15, -0.1) is 0 Å². The average molecular weight is 347 g/mol. The Morgan fingerprint density at radius 1 is 1.45 bits per heavy atom. The Kier molecular flexibility index (Phi) is 6.42. The van der Waals surface area contributed by atoms with Crippen LogP contribution in [0.15, 0.2) is 22.7 Å². The third-order valence-corrected chi connectivity index (χ3v) is 3.41. The predicted molar refractivity (Wildman–Crippen MR) is 81.2 cm³/mol. The zero-order valence-electron chi connectivity index (χ0n) is 11.7. The van der Waals surface area contributed by atoms with Gasteiger partial charge >= 0.3 is 6.03 Å². The standard InChI is InChI=1S/C14H20BrFN2O2/c1-14(2,9-19)6-3-7-17-13(20)18-12-8-10(15)4-5-11(12)16/h4-5,8,19H,3,6-7,9H2,1-2H3,(H2,17,18,20). The van der Waals surface area contributed by atoms with E-state index < -0.39 is 11.8 Å². The number of carbonyl (C=O) groups is 1. The lowest BCUT2D eigenvalue weighted by atomic mass is 9.89. The highest BCUT2D eigenvalue weighted by Crippen LogP contribution is 2.21. The molecule has 0 atom stereocenters. The van der Waals surface area contributed by atoms with Gasteiger partial charge in [0.15, 0.2) is 0 Å². The van der Waals surface area contributed by atoms with Crippen LogP contribution in [0, 0.1) is 11.2 Å². The highest BCUT2D eigenvalue weighted by atomic mass is 79.9. The molecule has 0 saturated heterocycles. The Hall–Kier alpha value is -1.14. The van der Waals surface area contributed by atoms with Crippen molar-refractivity contribution >= 4 is 27.6 Å². The van der Waals surface area contributed by atoms with E-state index in [0.717, 1.165) is 12.8 Å². The fraction of sp³-hybridized carbons (Fsp3) is 0.500. The van der Waals surface area contributed by atoms with Crippen LogP contribution in [-0.2, 0) is 0 Å². The minimum atomic E-state index is -0.482. The third kappa shape index (κ3) is 5.88. The monoisotopic (exact) mass is 346 g/mol. The summed E-state index contributed by atoms with van der Waals surface area (Å²) in [4.78, 5) is 11.6. The zero-order chi connectivity index (χ0) is 15.2. The van der Waals surface area contributed by atoms with Gasteiger partial charge in [-0.2, -0.15) is 0 Å². The van der Waals surface area contributed by atoms with E-state index in [1.165, 1.54) is 12.1 Å². The molecule has 6 heteroatoms. The number of hydrogen-bond donors (Lipinski definition) is 3. The summed E-state index contributed by atoms with van der Waals surface area (Å²) in [7, 11) is 0. The first-order valence-corrected chi connectivity index (χ1v) is 7.24. The summed E-state index contributed by atoms with van der Waals surface area (Å²) in [5, 5.41) is 14.2. The molecule has 0 fully saturated rings. The molecule has 1 aromatic rings. The third-order valence-electron chi connectivity index (χ3n) is 2.92. The van der Waals surface area contributed by atoms with Gasteiger partial charge in [-0.1, -0.05) is 29.8 Å². The van der Waals surface area contributed by atoms with E-state index in [1.807, 2.05) is 13.8 Å². The topological polar surface area (TPSA) is 61.4 Å². The summed E-state index contributed by atoms with van der Waals surface area (Å²) >= 11 is 3.22. The molecule has 1 aromatic carbocycles. The molecule has 4 nitrogen and oxygen atoms in total. The van der Waals surface area contributed by atoms with Gasteiger partial charge in [-0.25, -0.2) is 9.18 Å². The number of rotatable bonds is 6. The lowest BCUT2D eigenvalue weighted by Crippen LogP contribution is -2.30. The molecule has 2 amide bonds. The molecule has 3 N–H and O–H groups in total. The first-order chi connectivity index (χ1) is 9.34. The number of amides is 2. The van der Waals surface area contributed by atoms with Gasteiger partial charge in [0.05, 0.1) is 5.69 Å². The van der Waals surface area contributed by atoms with Crippen molar-refractivity contribution in [2.75, 3.05) is 18.5 Å². The maximum atomic E-state index is 13.4. The van der Waals surface area contributed by atoms with Crippen molar-refractivity contribution in [2.24, 2.45) is 5.41 Å². The quantitative estimate of drug-likeness (QED) is 0.690. The summed E-state index contributed by atoms with van der Waals surface area (Å²) in [5.41, 5.74) is -0.0123. The van der Waals surface area contributed by atoms with Crippen LogP contribution in [0.3, 0.4) is 0 Å². The summed E-state index contributed by atoms with van der Waals surface area (Å²) in [6, 6.07) is 3.91. The van der Waals surface area contributed by atoms with Gasteiger partial charge in [0.25, 0.3) is 0 Å². The second-order valence-corrected chi connectivity index (χ2v) is 6.35. The van der Waals surface area contributed by atoms with Crippen LogP contribution in [0.2, 0.25) is 0 Å². The minimum Gasteiger partial charge on any atom is -0.396 e. The van der Waals surface area contributed by atoms with Crippen LogP contribution in [0.1, 0.15) is 26.7 Å². The molecule has 0 aromatic heterocycles. The van der Waals surface area contributed by atoms with Crippen LogP contribution in [0.4, 0.5) is 14.9 Å². The lowest BCUT2D eigenvalue weighted by molar-refractivity contribution is 0.148. The van der Waals surface area contributed by atoms with Crippen molar-refractivity contribution in [3.8, 4) is 0 Å². The van der Waals surface area contributed by atoms with E-state index in [0.29, 0.717) is 11.0 Å². The molecule has 0 spiro atoms. The van der Waals surface area contributed by atoms with Gasteiger partial charge in [-0.05, 0) is 36.5 Å². The van der Waals surface area contributed by atoms with E-state index in [2.05, 4.69) is 26.6 Å². The number of nitrogens with one attached hydrogen (secondary N) is 2.